The van der Waals surface area contributed by atoms with E-state index in [-0.39, 0.29) is 0 Å². The summed E-state index contributed by atoms with van der Waals surface area (Å²) in [6.07, 6.45) is 5.94. The molecule has 2 rings (SSSR count). The van der Waals surface area contributed by atoms with Gasteiger partial charge >= 0.3 is 0 Å². The molecule has 0 bridgehead atoms. The molecular weight excluding hydrogens is 178 g/mol. The molecule has 1 aromatic heterocycles. The SMILES string of the molecule is CC1=C=CC=c2cc(C#N)sc2=C1. The second-order valence-electron chi connectivity index (χ2n) is 2.85. The Bertz CT molecular complexity index is 560. The lowest BCUT2D eigenvalue weighted by molar-refractivity contribution is 1.52. The minimum absolute atomic E-state index is 0.764. The van der Waals surface area contributed by atoms with Gasteiger partial charge < -0.3 is 0 Å². The van der Waals surface area contributed by atoms with E-state index in [0.717, 1.165) is 20.2 Å². The van der Waals surface area contributed by atoms with Gasteiger partial charge in [0.2, 0.25) is 0 Å². The largest absolute Gasteiger partial charge is 0.192 e. The van der Waals surface area contributed by atoms with Gasteiger partial charge in [0, 0.05) is 4.53 Å². The monoisotopic (exact) mass is 185 g/mol. The topological polar surface area (TPSA) is 23.8 Å². The number of hydrogen-bond acceptors (Lipinski definition) is 2. The summed E-state index contributed by atoms with van der Waals surface area (Å²) in [5, 5.41) is 9.84. The van der Waals surface area contributed by atoms with Gasteiger partial charge in [0.15, 0.2) is 0 Å². The highest BCUT2D eigenvalue weighted by molar-refractivity contribution is 7.10. The van der Waals surface area contributed by atoms with Crippen molar-refractivity contribution in [2.45, 2.75) is 6.92 Å². The Kier molecular flexibility index (Phi) is 1.90. The van der Waals surface area contributed by atoms with Crippen LogP contribution in [-0.2, 0) is 0 Å². The fourth-order valence-corrected chi connectivity index (χ4v) is 2.17. The quantitative estimate of drug-likeness (QED) is 0.559. The van der Waals surface area contributed by atoms with E-state index in [1.807, 2.05) is 25.1 Å². The van der Waals surface area contributed by atoms with E-state index >= 15 is 0 Å². The first kappa shape index (κ1) is 8.07. The maximum Gasteiger partial charge on any atom is 0.110 e. The van der Waals surface area contributed by atoms with E-state index < -0.39 is 0 Å². The summed E-state index contributed by atoms with van der Waals surface area (Å²) in [7, 11) is 0. The summed E-state index contributed by atoms with van der Waals surface area (Å²) in [5.41, 5.74) is 4.22. The highest BCUT2D eigenvalue weighted by atomic mass is 32.1. The van der Waals surface area contributed by atoms with Crippen molar-refractivity contribution < 1.29 is 0 Å². The lowest BCUT2D eigenvalue weighted by Gasteiger charge is -1.79. The summed E-state index contributed by atoms with van der Waals surface area (Å²) >= 11 is 1.52. The summed E-state index contributed by atoms with van der Waals surface area (Å²) < 4.78 is 1.15. The smallest absolute Gasteiger partial charge is 0.110 e. The van der Waals surface area contributed by atoms with Crippen molar-refractivity contribution in [2.24, 2.45) is 0 Å². The molecule has 0 amide bonds. The average molecular weight is 185 g/mol. The zero-order valence-electron chi connectivity index (χ0n) is 7.16. The Balaban J connectivity index is 2.81. The molecule has 0 fully saturated rings. The van der Waals surface area contributed by atoms with Crippen LogP contribution in [0.25, 0.3) is 12.2 Å². The zero-order chi connectivity index (χ0) is 9.26. The molecule has 0 atom stereocenters. The molecule has 0 spiro atoms. The number of thiophene rings is 1. The van der Waals surface area contributed by atoms with Gasteiger partial charge in [0.05, 0.1) is 0 Å². The second kappa shape index (κ2) is 3.06. The molecule has 1 aliphatic carbocycles. The summed E-state index contributed by atoms with van der Waals surface area (Å²) in [5.74, 6) is 0. The van der Waals surface area contributed by atoms with Gasteiger partial charge in [-0.15, -0.1) is 17.1 Å². The molecule has 0 aromatic carbocycles. The van der Waals surface area contributed by atoms with E-state index in [9.17, 15) is 0 Å². The van der Waals surface area contributed by atoms with Gasteiger partial charge in [0.1, 0.15) is 10.9 Å². The van der Waals surface area contributed by atoms with Crippen LogP contribution in [0.5, 0.6) is 0 Å². The molecular formula is C11H7NS. The molecule has 2 heteroatoms. The van der Waals surface area contributed by atoms with Crippen molar-refractivity contribution in [2.75, 3.05) is 0 Å². The fraction of sp³-hybridized carbons (Fsp3) is 0.0909. The third kappa shape index (κ3) is 1.48. The summed E-state index contributed by atoms with van der Waals surface area (Å²) in [6, 6.07) is 4.06. The lowest BCUT2D eigenvalue weighted by Crippen LogP contribution is -2.16. The van der Waals surface area contributed by atoms with E-state index in [0.29, 0.717) is 0 Å². The standard InChI is InChI=1S/C11H7NS/c1-8-3-2-4-9-6-10(7-12)13-11(9)5-8/h2,4-6H,1H3. The van der Waals surface area contributed by atoms with Crippen molar-refractivity contribution in [3.8, 4) is 6.07 Å². The van der Waals surface area contributed by atoms with Crippen molar-refractivity contribution in [1.29, 1.82) is 5.26 Å². The molecule has 1 heterocycles. The first-order chi connectivity index (χ1) is 6.29. The zero-order valence-corrected chi connectivity index (χ0v) is 7.98. The first-order valence-electron chi connectivity index (χ1n) is 3.95. The van der Waals surface area contributed by atoms with Gasteiger partial charge in [-0.05, 0) is 42.0 Å². The molecule has 13 heavy (non-hydrogen) atoms. The molecule has 62 valence electrons. The van der Waals surface area contributed by atoms with Crippen LogP contribution >= 0.6 is 11.3 Å². The number of fused-ring (bicyclic) bond motifs is 1. The predicted molar refractivity (Wildman–Crippen MR) is 54.5 cm³/mol. The van der Waals surface area contributed by atoms with E-state index in [2.05, 4.69) is 17.9 Å². The van der Waals surface area contributed by atoms with E-state index in [1.54, 1.807) is 0 Å². The van der Waals surface area contributed by atoms with Crippen molar-refractivity contribution >= 4 is 23.5 Å². The Morgan fingerprint density at radius 2 is 2.38 bits per heavy atom. The van der Waals surface area contributed by atoms with Crippen LogP contribution in [0.2, 0.25) is 0 Å². The Hall–Kier alpha value is -1.55. The number of hydrogen-bond donors (Lipinski definition) is 0. The minimum Gasteiger partial charge on any atom is -0.192 e. The molecule has 1 aliphatic rings. The highest BCUT2D eigenvalue weighted by Crippen LogP contribution is 2.00. The van der Waals surface area contributed by atoms with Crippen molar-refractivity contribution in [3.05, 3.63) is 38.1 Å². The van der Waals surface area contributed by atoms with Crippen LogP contribution in [-0.4, -0.2) is 0 Å². The Morgan fingerprint density at radius 3 is 3.15 bits per heavy atom. The van der Waals surface area contributed by atoms with E-state index in [1.165, 1.54) is 11.3 Å². The number of nitriles is 1. The number of rotatable bonds is 0. The molecule has 0 saturated heterocycles. The van der Waals surface area contributed by atoms with Gasteiger partial charge in [-0.3, -0.25) is 0 Å². The second-order valence-corrected chi connectivity index (χ2v) is 3.93. The normalized spacial score (nSPS) is 13.1. The van der Waals surface area contributed by atoms with Gasteiger partial charge in [-0.1, -0.05) is 0 Å². The third-order valence-electron chi connectivity index (χ3n) is 1.82. The summed E-state index contributed by atoms with van der Waals surface area (Å²) in [6.45, 7) is 2.01. The molecule has 1 aromatic rings. The van der Waals surface area contributed by atoms with Crippen LogP contribution in [0, 0.1) is 11.3 Å². The average Bonchev–Trinajstić information content (AvgIpc) is 2.41. The number of nitrogens with zero attached hydrogens (tertiary/aromatic N) is 1. The van der Waals surface area contributed by atoms with E-state index in [4.69, 9.17) is 5.26 Å². The van der Waals surface area contributed by atoms with Gasteiger partial charge in [-0.2, -0.15) is 5.26 Å². The third-order valence-corrected chi connectivity index (χ3v) is 2.83. The first-order valence-corrected chi connectivity index (χ1v) is 4.76. The molecule has 0 aliphatic heterocycles. The summed E-state index contributed by atoms with van der Waals surface area (Å²) in [4.78, 5) is 0.764. The molecule has 0 unspecified atom stereocenters. The van der Waals surface area contributed by atoms with Crippen molar-refractivity contribution in [1.82, 2.24) is 0 Å². The maximum atomic E-state index is 8.72. The van der Waals surface area contributed by atoms with Crippen LogP contribution in [0.3, 0.4) is 0 Å². The minimum atomic E-state index is 0.764. The molecule has 0 saturated carbocycles. The van der Waals surface area contributed by atoms with Crippen LogP contribution in [0.15, 0.2) is 23.4 Å². The van der Waals surface area contributed by atoms with Crippen LogP contribution in [0.4, 0.5) is 0 Å². The van der Waals surface area contributed by atoms with Crippen molar-refractivity contribution in [3.63, 3.8) is 0 Å². The molecule has 0 radical (unpaired) electrons. The number of allylic oxidation sites excluding steroid dienone is 1. The maximum absolute atomic E-state index is 8.72. The van der Waals surface area contributed by atoms with Crippen LogP contribution in [0.1, 0.15) is 11.8 Å². The Morgan fingerprint density at radius 1 is 1.54 bits per heavy atom. The molecule has 0 N–H and O–H groups in total. The van der Waals surface area contributed by atoms with Gasteiger partial charge in [-0.25, -0.2) is 0 Å². The predicted octanol–water partition coefficient (Wildman–Crippen LogP) is 1.30. The fourth-order valence-electron chi connectivity index (χ4n) is 1.22. The van der Waals surface area contributed by atoms with Crippen LogP contribution < -0.4 is 9.75 Å². The van der Waals surface area contributed by atoms with Gasteiger partial charge in [0.25, 0.3) is 0 Å². The molecule has 1 nitrogen and oxygen atoms in total. The highest BCUT2D eigenvalue weighted by Gasteiger charge is 1.96. The lowest BCUT2D eigenvalue weighted by atomic mass is 10.3. The Labute approximate surface area is 80.3 Å².